The minimum atomic E-state index is -1.28. The molecular weight excluding hydrogens is 500 g/mol. The molecule has 8 heteroatoms. The number of fused-ring (bicyclic) bond motifs is 1. The number of alkyl halides is 2. The van der Waals surface area contributed by atoms with E-state index < -0.39 is 30.2 Å². The van der Waals surface area contributed by atoms with Crippen LogP contribution in [0.1, 0.15) is 45.4 Å². The van der Waals surface area contributed by atoms with Crippen molar-refractivity contribution in [2.45, 2.75) is 65.1 Å². The van der Waals surface area contributed by atoms with Crippen LogP contribution in [0.2, 0.25) is 0 Å². The molecule has 21 heavy (non-hydrogen) atoms. The van der Waals surface area contributed by atoms with Crippen molar-refractivity contribution in [2.75, 3.05) is 0 Å². The van der Waals surface area contributed by atoms with Crippen molar-refractivity contribution in [1.29, 1.82) is 0 Å². The van der Waals surface area contributed by atoms with E-state index >= 15 is 0 Å². The second kappa shape index (κ2) is 4.88. The summed E-state index contributed by atoms with van der Waals surface area (Å²) in [5, 5.41) is 0. The van der Waals surface area contributed by atoms with Gasteiger partial charge in [-0.1, -0.05) is 0 Å². The van der Waals surface area contributed by atoms with Gasteiger partial charge in [0.25, 0.3) is 0 Å². The second-order valence-corrected chi connectivity index (χ2v) is 12.7. The van der Waals surface area contributed by atoms with E-state index in [1.54, 1.807) is 0 Å². The zero-order valence-corrected chi connectivity index (χ0v) is 16.3. The maximum atomic E-state index is 12.6. The van der Waals surface area contributed by atoms with E-state index in [2.05, 4.69) is 14.0 Å². The first-order valence-electron chi connectivity index (χ1n) is 7.49. The number of esters is 1. The molecule has 6 nitrogen and oxygen atoms in total. The molecule has 3 saturated heterocycles. The molecule has 0 bridgehead atoms. The molecule has 4 fully saturated rings. The Labute approximate surface area is 145 Å². The van der Waals surface area contributed by atoms with Crippen LogP contribution in [0, 0.1) is 5.41 Å². The van der Waals surface area contributed by atoms with Gasteiger partial charge >= 0.3 is 146 Å². The molecule has 3 unspecified atom stereocenters. The maximum absolute atomic E-state index is 12.6. The van der Waals surface area contributed by atoms with E-state index in [-0.39, 0.29) is 21.2 Å². The van der Waals surface area contributed by atoms with Gasteiger partial charge in [0.15, 0.2) is 0 Å². The van der Waals surface area contributed by atoms with Gasteiger partial charge in [0, 0.05) is 0 Å². The van der Waals surface area contributed by atoms with Crippen LogP contribution in [0.15, 0.2) is 0 Å². The summed E-state index contributed by atoms with van der Waals surface area (Å²) in [5.74, 6) is -0.343. The van der Waals surface area contributed by atoms with Crippen molar-refractivity contribution < 1.29 is 14.3 Å². The Morgan fingerprint density at radius 2 is 2.05 bits per heavy atom. The number of nitrogens with two attached hydrogens (primary N) is 1. The summed E-state index contributed by atoms with van der Waals surface area (Å²) in [7, 11) is 0. The molecule has 120 valence electrons. The molecule has 0 aromatic rings. The van der Waals surface area contributed by atoms with Crippen molar-refractivity contribution in [3.05, 3.63) is 0 Å². The Hall–Kier alpha value is 0.770. The standard InChI is InChI=1S/C13H21I2N3O3/c1-8-7-11(5-3-2-4-6-11)10(20-8)21-9(19)12(14,16)13-15(17-13)18-13/h8,10,17-18H,2-7,16H2,1H3. The molecule has 0 aromatic heterocycles. The summed E-state index contributed by atoms with van der Waals surface area (Å²) in [4.78, 5) is 12.6. The number of nitrogens with one attached hydrogen (secondary N) is 2. The molecule has 1 saturated carbocycles. The summed E-state index contributed by atoms with van der Waals surface area (Å²) in [6.45, 7) is 2.07. The number of ether oxygens (including phenoxy) is 2. The molecule has 1 spiro atoms. The van der Waals surface area contributed by atoms with Gasteiger partial charge in [-0.05, 0) is 0 Å². The van der Waals surface area contributed by atoms with Crippen molar-refractivity contribution in [3.63, 3.8) is 0 Å². The van der Waals surface area contributed by atoms with Crippen LogP contribution in [0.4, 0.5) is 0 Å². The van der Waals surface area contributed by atoms with Gasteiger partial charge in [0.05, 0.1) is 0 Å². The third-order valence-electron chi connectivity index (χ3n) is 5.07. The minimum absolute atomic E-state index is 0.0178. The molecule has 0 aromatic carbocycles. The number of carbonyl (C=O) groups excluding carboxylic acids is 1. The summed E-state index contributed by atoms with van der Waals surface area (Å²) >= 11 is 0.746. The predicted molar refractivity (Wildman–Crippen MR) is 94.5 cm³/mol. The number of carbonyl (C=O) groups is 1. The van der Waals surface area contributed by atoms with Gasteiger partial charge in [-0.25, -0.2) is 0 Å². The van der Waals surface area contributed by atoms with Crippen LogP contribution in [0.25, 0.3) is 0 Å². The van der Waals surface area contributed by atoms with E-state index in [4.69, 9.17) is 15.2 Å². The van der Waals surface area contributed by atoms with Crippen LogP contribution >= 0.6 is 43.0 Å². The molecule has 0 radical (unpaired) electrons. The van der Waals surface area contributed by atoms with Crippen LogP contribution < -0.4 is 12.8 Å². The monoisotopic (exact) mass is 521 g/mol. The van der Waals surface area contributed by atoms with Gasteiger partial charge in [-0.15, -0.1) is 0 Å². The first-order chi connectivity index (χ1) is 9.90. The number of hydrogen-bond acceptors (Lipinski definition) is 6. The molecule has 0 amide bonds. The average molecular weight is 521 g/mol. The summed E-state index contributed by atoms with van der Waals surface area (Å²) in [6.07, 6.45) is 6.58. The molecule has 3 heterocycles. The number of rotatable bonds is 3. The number of hydrogen-bond donors (Lipinski definition) is 3. The second-order valence-electron chi connectivity index (χ2n) is 6.65. The Balaban J connectivity index is 1.48. The first-order valence-corrected chi connectivity index (χ1v) is 11.8. The molecule has 3 atom stereocenters. The Morgan fingerprint density at radius 1 is 1.43 bits per heavy atom. The van der Waals surface area contributed by atoms with Gasteiger partial charge in [-0.3, -0.25) is 0 Å². The summed E-state index contributed by atoms with van der Waals surface area (Å²) < 4.78 is 17.0. The topological polar surface area (TPSA) is 105 Å². The Kier molecular flexibility index (Phi) is 3.56. The molecule has 4 aliphatic rings. The zero-order valence-electron chi connectivity index (χ0n) is 12.0. The van der Waals surface area contributed by atoms with E-state index in [1.807, 2.05) is 22.6 Å². The fraction of sp³-hybridized carbons (Fsp3) is 0.923. The van der Waals surface area contributed by atoms with Gasteiger partial charge in [-0.2, -0.15) is 0 Å². The zero-order chi connectivity index (χ0) is 14.9. The van der Waals surface area contributed by atoms with Gasteiger partial charge in [0.2, 0.25) is 0 Å². The van der Waals surface area contributed by atoms with Crippen molar-refractivity contribution in [3.8, 4) is 0 Å². The Morgan fingerprint density at radius 3 is 2.62 bits per heavy atom. The van der Waals surface area contributed by atoms with Crippen molar-refractivity contribution >= 4 is 48.9 Å². The van der Waals surface area contributed by atoms with Crippen LogP contribution in [0.5, 0.6) is 0 Å². The van der Waals surface area contributed by atoms with E-state index in [0.717, 1.165) is 19.3 Å². The van der Waals surface area contributed by atoms with Crippen LogP contribution in [-0.2, 0) is 14.3 Å². The quantitative estimate of drug-likeness (QED) is 0.131. The Bertz CT molecular complexity index is 475. The predicted octanol–water partition coefficient (Wildman–Crippen LogP) is 1.90. The van der Waals surface area contributed by atoms with Gasteiger partial charge in [0.1, 0.15) is 0 Å². The third-order valence-corrected chi connectivity index (χ3v) is 12.0. The first kappa shape index (κ1) is 15.3. The fourth-order valence-corrected chi connectivity index (χ4v) is 11.0. The summed E-state index contributed by atoms with van der Waals surface area (Å²) in [6, 6.07) is 0. The summed E-state index contributed by atoms with van der Waals surface area (Å²) in [5.41, 5.74) is 6.26. The molecular formula is C13H21I2N3O3. The average Bonchev–Trinajstić information content (AvgIpc) is 3.25. The van der Waals surface area contributed by atoms with Crippen molar-refractivity contribution in [1.82, 2.24) is 7.06 Å². The number of halogens is 2. The fourth-order valence-electron chi connectivity index (χ4n) is 3.74. The van der Waals surface area contributed by atoms with Crippen molar-refractivity contribution in [2.24, 2.45) is 11.1 Å². The van der Waals surface area contributed by atoms with Gasteiger partial charge < -0.3 is 0 Å². The third kappa shape index (κ3) is 2.27. The molecule has 1 aliphatic carbocycles. The molecule has 4 rings (SSSR count). The van der Waals surface area contributed by atoms with E-state index in [0.29, 0.717) is 0 Å². The van der Waals surface area contributed by atoms with E-state index in [9.17, 15) is 4.79 Å². The van der Waals surface area contributed by atoms with Crippen LogP contribution in [0.3, 0.4) is 0 Å². The van der Waals surface area contributed by atoms with E-state index in [1.165, 1.54) is 19.3 Å². The molecule has 4 N–H and O–H groups in total. The molecule has 3 aliphatic heterocycles. The SMILES string of the molecule is CC1CC2(CCCCC2)C(OC(=O)C(N)(I)C23NI2N3)O1. The normalized spacial score (nSPS) is 39.5. The van der Waals surface area contributed by atoms with Crippen LogP contribution in [-0.4, -0.2) is 25.6 Å².